The number of carbonyl (C=O) groups excluding carboxylic acids is 1. The van der Waals surface area contributed by atoms with Crippen LogP contribution in [-0.4, -0.2) is 5.78 Å². The number of carbonyl (C=O) groups is 1. The summed E-state index contributed by atoms with van der Waals surface area (Å²) in [5.41, 5.74) is 2.74. The van der Waals surface area contributed by atoms with Crippen LogP contribution < -0.4 is 0 Å². The van der Waals surface area contributed by atoms with E-state index < -0.39 is 0 Å². The highest BCUT2D eigenvalue weighted by atomic mass is 35.5. The molecule has 0 N–H and O–H groups in total. The molecule has 1 saturated carbocycles. The van der Waals surface area contributed by atoms with Crippen LogP contribution in [0.4, 0.5) is 0 Å². The Labute approximate surface area is 102 Å². The highest BCUT2D eigenvalue weighted by Gasteiger charge is 2.21. The van der Waals surface area contributed by atoms with Gasteiger partial charge in [0.2, 0.25) is 0 Å². The average Bonchev–Trinajstić information content (AvgIpc) is 2.30. The van der Waals surface area contributed by atoms with Crippen LogP contribution in [0.3, 0.4) is 0 Å². The molecule has 0 aromatic heterocycles. The molecule has 0 amide bonds. The van der Waals surface area contributed by atoms with Crippen molar-refractivity contribution in [1.82, 2.24) is 0 Å². The van der Waals surface area contributed by atoms with Crippen molar-refractivity contribution in [1.29, 1.82) is 0 Å². The van der Waals surface area contributed by atoms with Crippen LogP contribution in [0.2, 0.25) is 5.02 Å². The monoisotopic (exact) mass is 236 g/mol. The van der Waals surface area contributed by atoms with Crippen molar-refractivity contribution >= 4 is 17.4 Å². The largest absolute Gasteiger partial charge is 0.300 e. The average molecular weight is 237 g/mol. The molecular weight excluding hydrogens is 220 g/mol. The molecule has 1 aliphatic carbocycles. The van der Waals surface area contributed by atoms with E-state index in [-0.39, 0.29) is 0 Å². The highest BCUT2D eigenvalue weighted by Crippen LogP contribution is 2.34. The zero-order chi connectivity index (χ0) is 11.5. The van der Waals surface area contributed by atoms with Gasteiger partial charge in [-0.25, -0.2) is 0 Å². The number of hydrogen-bond donors (Lipinski definition) is 0. The van der Waals surface area contributed by atoms with Gasteiger partial charge in [0.05, 0.1) is 0 Å². The zero-order valence-corrected chi connectivity index (χ0v) is 10.4. The molecule has 0 bridgehead atoms. The second kappa shape index (κ2) is 5.01. The minimum Gasteiger partial charge on any atom is -0.300 e. The van der Waals surface area contributed by atoms with E-state index in [1.807, 2.05) is 6.07 Å². The maximum Gasteiger partial charge on any atom is 0.132 e. The summed E-state index contributed by atoms with van der Waals surface area (Å²) in [5, 5.41) is 0.812. The molecule has 0 heterocycles. The van der Waals surface area contributed by atoms with Gasteiger partial charge < -0.3 is 0 Å². The van der Waals surface area contributed by atoms with Crippen molar-refractivity contribution in [3.05, 3.63) is 34.3 Å². The van der Waals surface area contributed by atoms with Crippen LogP contribution in [0.25, 0.3) is 0 Å². The van der Waals surface area contributed by atoms with E-state index in [0.29, 0.717) is 11.7 Å². The first-order valence-corrected chi connectivity index (χ1v) is 6.38. The van der Waals surface area contributed by atoms with Gasteiger partial charge >= 0.3 is 0 Å². The van der Waals surface area contributed by atoms with Crippen LogP contribution in [0, 0.1) is 0 Å². The summed E-state index contributed by atoms with van der Waals surface area (Å²) in [7, 11) is 0. The maximum absolute atomic E-state index is 11.2. The van der Waals surface area contributed by atoms with E-state index in [1.54, 1.807) is 0 Å². The van der Waals surface area contributed by atoms with Crippen LogP contribution in [0.1, 0.15) is 49.7 Å². The molecule has 1 aromatic rings. The van der Waals surface area contributed by atoms with Crippen molar-refractivity contribution in [3.63, 3.8) is 0 Å². The van der Waals surface area contributed by atoms with Gasteiger partial charge in [-0.1, -0.05) is 24.6 Å². The normalized spacial score (nSPS) is 17.8. The van der Waals surface area contributed by atoms with Crippen LogP contribution >= 0.6 is 11.6 Å². The van der Waals surface area contributed by atoms with Gasteiger partial charge in [-0.3, -0.25) is 4.79 Å². The maximum atomic E-state index is 11.2. The van der Waals surface area contributed by atoms with Gasteiger partial charge in [0, 0.05) is 17.9 Å². The van der Waals surface area contributed by atoms with Crippen molar-refractivity contribution in [3.8, 4) is 0 Å². The Morgan fingerprint density at radius 3 is 2.62 bits per heavy atom. The predicted octanol–water partition coefficient (Wildman–Crippen LogP) is 4.13. The molecule has 0 spiro atoms. The van der Waals surface area contributed by atoms with Gasteiger partial charge in [0.25, 0.3) is 0 Å². The third kappa shape index (κ3) is 2.46. The SMILES string of the molecule is CCc1cc(Cl)ccc1C1CCC(=O)CC1. The second-order valence-corrected chi connectivity index (χ2v) is 4.95. The van der Waals surface area contributed by atoms with E-state index >= 15 is 0 Å². The molecule has 86 valence electrons. The van der Waals surface area contributed by atoms with E-state index in [1.165, 1.54) is 11.1 Å². The third-order valence-corrected chi connectivity index (χ3v) is 3.70. The molecule has 1 aliphatic rings. The van der Waals surface area contributed by atoms with Gasteiger partial charge in [-0.15, -0.1) is 0 Å². The number of rotatable bonds is 2. The minimum atomic E-state index is 0.420. The van der Waals surface area contributed by atoms with E-state index in [0.717, 1.165) is 37.1 Å². The summed E-state index contributed by atoms with van der Waals surface area (Å²) in [6, 6.07) is 6.17. The molecule has 0 aliphatic heterocycles. The number of ketones is 1. The number of benzene rings is 1. The second-order valence-electron chi connectivity index (χ2n) is 4.51. The van der Waals surface area contributed by atoms with Gasteiger partial charge in [-0.2, -0.15) is 0 Å². The summed E-state index contributed by atoms with van der Waals surface area (Å²) in [6.45, 7) is 2.16. The Morgan fingerprint density at radius 2 is 2.00 bits per heavy atom. The molecular formula is C14H17ClO. The van der Waals surface area contributed by atoms with Crippen LogP contribution in [-0.2, 0) is 11.2 Å². The fraction of sp³-hybridized carbons (Fsp3) is 0.500. The van der Waals surface area contributed by atoms with E-state index in [2.05, 4.69) is 19.1 Å². The summed E-state index contributed by atoms with van der Waals surface area (Å²) in [4.78, 5) is 11.2. The van der Waals surface area contributed by atoms with E-state index in [9.17, 15) is 4.79 Å². The summed E-state index contributed by atoms with van der Waals surface area (Å²) >= 11 is 6.00. The summed E-state index contributed by atoms with van der Waals surface area (Å²) < 4.78 is 0. The van der Waals surface area contributed by atoms with Crippen molar-refractivity contribution in [2.24, 2.45) is 0 Å². The van der Waals surface area contributed by atoms with Crippen molar-refractivity contribution < 1.29 is 4.79 Å². The topological polar surface area (TPSA) is 17.1 Å². The number of hydrogen-bond acceptors (Lipinski definition) is 1. The minimum absolute atomic E-state index is 0.420. The summed E-state index contributed by atoms with van der Waals surface area (Å²) in [5.74, 6) is 0.980. The number of Topliss-reactive ketones (excluding diaryl/α,β-unsaturated/α-hetero) is 1. The molecule has 1 nitrogen and oxygen atoms in total. The van der Waals surface area contributed by atoms with Crippen LogP contribution in [0.15, 0.2) is 18.2 Å². The molecule has 0 radical (unpaired) electrons. The lowest BCUT2D eigenvalue weighted by Crippen LogP contribution is -2.13. The number of aryl methyl sites for hydroxylation is 1. The lowest BCUT2D eigenvalue weighted by atomic mass is 9.81. The standard InChI is InChI=1S/C14H17ClO/c1-2-10-9-12(15)5-8-14(10)11-3-6-13(16)7-4-11/h5,8-9,11H,2-4,6-7H2,1H3. The fourth-order valence-electron chi connectivity index (χ4n) is 2.53. The molecule has 2 rings (SSSR count). The zero-order valence-electron chi connectivity index (χ0n) is 9.63. The lowest BCUT2D eigenvalue weighted by molar-refractivity contribution is -0.120. The van der Waals surface area contributed by atoms with Gasteiger partial charge in [0.15, 0.2) is 0 Å². The first kappa shape index (κ1) is 11.7. The van der Waals surface area contributed by atoms with E-state index in [4.69, 9.17) is 11.6 Å². The third-order valence-electron chi connectivity index (χ3n) is 3.47. The predicted molar refractivity (Wildman–Crippen MR) is 67.0 cm³/mol. The Kier molecular flexibility index (Phi) is 3.65. The highest BCUT2D eigenvalue weighted by molar-refractivity contribution is 6.30. The molecule has 0 atom stereocenters. The van der Waals surface area contributed by atoms with Crippen molar-refractivity contribution in [2.75, 3.05) is 0 Å². The van der Waals surface area contributed by atoms with Gasteiger partial charge in [-0.05, 0) is 48.4 Å². The first-order valence-electron chi connectivity index (χ1n) is 6.00. The smallest absolute Gasteiger partial charge is 0.132 e. The quantitative estimate of drug-likeness (QED) is 0.755. The Bertz CT molecular complexity index is 388. The number of halogens is 1. The molecule has 0 saturated heterocycles. The van der Waals surface area contributed by atoms with Crippen LogP contribution in [0.5, 0.6) is 0 Å². The first-order chi connectivity index (χ1) is 7.70. The Balaban J connectivity index is 2.22. The molecule has 1 fully saturated rings. The Morgan fingerprint density at radius 1 is 1.31 bits per heavy atom. The van der Waals surface area contributed by atoms with Gasteiger partial charge in [0.1, 0.15) is 5.78 Å². The fourth-order valence-corrected chi connectivity index (χ4v) is 2.72. The summed E-state index contributed by atoms with van der Waals surface area (Å²) in [6.07, 6.45) is 4.52. The molecule has 16 heavy (non-hydrogen) atoms. The molecule has 2 heteroatoms. The lowest BCUT2D eigenvalue weighted by Gasteiger charge is -2.23. The molecule has 1 aromatic carbocycles. The molecule has 0 unspecified atom stereocenters. The Hall–Kier alpha value is -0.820. The van der Waals surface area contributed by atoms with Crippen molar-refractivity contribution in [2.45, 2.75) is 44.9 Å².